The maximum absolute atomic E-state index is 13.3. The number of guanidine groups is 1. The van der Waals surface area contributed by atoms with Gasteiger partial charge in [-0.2, -0.15) is 0 Å². The summed E-state index contributed by atoms with van der Waals surface area (Å²) in [7, 11) is 3.41. The van der Waals surface area contributed by atoms with Crippen LogP contribution >= 0.6 is 0 Å². The average Bonchev–Trinajstić information content (AvgIpc) is 2.64. The monoisotopic (exact) mass is 364 g/mol. The molecular weight excluding hydrogens is 335 g/mol. The number of rotatable bonds is 7. The van der Waals surface area contributed by atoms with Gasteiger partial charge in [0.15, 0.2) is 5.96 Å². The number of hydrogen-bond acceptors (Lipinski definition) is 3. The van der Waals surface area contributed by atoms with Crippen LogP contribution in [0.2, 0.25) is 0 Å². The maximum atomic E-state index is 13.3. The minimum atomic E-state index is -0.236. The molecule has 0 bridgehead atoms. The van der Waals surface area contributed by atoms with Gasteiger partial charge in [-0.05, 0) is 43.4 Å². The van der Waals surface area contributed by atoms with Crippen molar-refractivity contribution in [3.63, 3.8) is 0 Å². The lowest BCUT2D eigenvalue weighted by molar-refractivity contribution is -0.127. The van der Waals surface area contributed by atoms with Crippen LogP contribution in [0.15, 0.2) is 29.3 Å². The van der Waals surface area contributed by atoms with Crippen molar-refractivity contribution in [2.45, 2.75) is 31.8 Å². The van der Waals surface area contributed by atoms with Crippen LogP contribution in [0.1, 0.15) is 24.8 Å². The van der Waals surface area contributed by atoms with Crippen LogP contribution in [0.3, 0.4) is 0 Å². The first kappa shape index (κ1) is 20.2. The first-order valence-corrected chi connectivity index (χ1v) is 9.13. The molecule has 2 N–H and O–H groups in total. The molecule has 0 aromatic heterocycles. The fraction of sp³-hybridized carbons (Fsp3) is 0.579. The van der Waals surface area contributed by atoms with Gasteiger partial charge in [-0.3, -0.25) is 4.79 Å². The van der Waals surface area contributed by atoms with E-state index in [0.29, 0.717) is 25.5 Å². The molecule has 1 aliphatic rings. The van der Waals surface area contributed by atoms with Crippen LogP contribution in [0.5, 0.6) is 0 Å². The second-order valence-electron chi connectivity index (χ2n) is 6.63. The lowest BCUT2D eigenvalue weighted by Gasteiger charge is -2.24. The van der Waals surface area contributed by atoms with Gasteiger partial charge in [-0.1, -0.05) is 12.1 Å². The highest BCUT2D eigenvalue weighted by Gasteiger charge is 2.14. The average molecular weight is 364 g/mol. The summed E-state index contributed by atoms with van der Waals surface area (Å²) < 4.78 is 19.0. The number of ether oxygens (including phenoxy) is 1. The Kier molecular flexibility index (Phi) is 8.34. The van der Waals surface area contributed by atoms with E-state index in [0.717, 1.165) is 25.0 Å². The summed E-state index contributed by atoms with van der Waals surface area (Å²) in [5.41, 5.74) is 0.914. The number of nitrogens with one attached hydrogen (secondary N) is 2. The van der Waals surface area contributed by atoms with Crippen LogP contribution in [0.25, 0.3) is 0 Å². The number of benzene rings is 1. The van der Waals surface area contributed by atoms with Crippen molar-refractivity contribution in [3.8, 4) is 0 Å². The van der Waals surface area contributed by atoms with E-state index in [9.17, 15) is 9.18 Å². The minimum Gasteiger partial charge on any atom is -0.376 e. The van der Waals surface area contributed by atoms with Crippen LogP contribution in [-0.2, 0) is 16.0 Å². The Morgan fingerprint density at radius 2 is 2.19 bits per heavy atom. The predicted molar refractivity (Wildman–Crippen MR) is 101 cm³/mol. The third-order valence-corrected chi connectivity index (χ3v) is 4.24. The van der Waals surface area contributed by atoms with E-state index in [4.69, 9.17) is 4.74 Å². The van der Waals surface area contributed by atoms with Crippen LogP contribution in [0.4, 0.5) is 4.39 Å². The molecule has 1 heterocycles. The predicted octanol–water partition coefficient (Wildman–Crippen LogP) is 1.56. The van der Waals surface area contributed by atoms with Gasteiger partial charge in [0.25, 0.3) is 0 Å². The van der Waals surface area contributed by atoms with Gasteiger partial charge < -0.3 is 20.3 Å². The number of amides is 1. The van der Waals surface area contributed by atoms with Crippen molar-refractivity contribution >= 4 is 11.9 Å². The molecule has 1 aromatic rings. The van der Waals surface area contributed by atoms with Crippen molar-refractivity contribution in [2.24, 2.45) is 4.99 Å². The molecule has 0 spiro atoms. The normalized spacial score (nSPS) is 17.7. The summed E-state index contributed by atoms with van der Waals surface area (Å²) in [5.74, 6) is 0.275. The Morgan fingerprint density at radius 3 is 2.88 bits per heavy atom. The molecular formula is C19H29FN4O2. The highest BCUT2D eigenvalue weighted by molar-refractivity contribution is 5.84. The maximum Gasteiger partial charge on any atom is 0.243 e. The molecule has 1 aromatic carbocycles. The van der Waals surface area contributed by atoms with Gasteiger partial charge in [-0.25, -0.2) is 9.38 Å². The van der Waals surface area contributed by atoms with Gasteiger partial charge in [0.05, 0.1) is 6.10 Å². The Bertz CT molecular complexity index is 601. The van der Waals surface area contributed by atoms with Crippen molar-refractivity contribution < 1.29 is 13.9 Å². The summed E-state index contributed by atoms with van der Waals surface area (Å²) in [5, 5.41) is 6.46. The van der Waals surface area contributed by atoms with Crippen LogP contribution in [-0.4, -0.2) is 63.2 Å². The fourth-order valence-electron chi connectivity index (χ4n) is 2.66. The Hall–Kier alpha value is -2.15. The fourth-order valence-corrected chi connectivity index (χ4v) is 2.66. The molecule has 1 aliphatic heterocycles. The first-order chi connectivity index (χ1) is 12.5. The van der Waals surface area contributed by atoms with Gasteiger partial charge in [-0.15, -0.1) is 0 Å². The van der Waals surface area contributed by atoms with Gasteiger partial charge in [0.1, 0.15) is 12.4 Å². The molecule has 1 unspecified atom stereocenters. The molecule has 0 saturated carbocycles. The lowest BCUT2D eigenvalue weighted by Crippen LogP contribution is -2.43. The van der Waals surface area contributed by atoms with Crippen molar-refractivity contribution in [1.29, 1.82) is 0 Å². The molecule has 1 atom stereocenters. The third kappa shape index (κ3) is 7.39. The summed E-state index contributed by atoms with van der Waals surface area (Å²) >= 11 is 0. The lowest BCUT2D eigenvalue weighted by atomic mass is 10.1. The second-order valence-corrected chi connectivity index (χ2v) is 6.63. The van der Waals surface area contributed by atoms with E-state index in [1.54, 1.807) is 20.2 Å². The summed E-state index contributed by atoms with van der Waals surface area (Å²) in [4.78, 5) is 17.6. The number of carbonyl (C=O) groups is 1. The molecule has 1 fully saturated rings. The first-order valence-electron chi connectivity index (χ1n) is 9.13. The zero-order chi connectivity index (χ0) is 18.8. The van der Waals surface area contributed by atoms with Crippen molar-refractivity contribution in [1.82, 2.24) is 15.5 Å². The topological polar surface area (TPSA) is 66.0 Å². The van der Waals surface area contributed by atoms with E-state index in [2.05, 4.69) is 15.6 Å². The number of likely N-dealkylation sites (N-methyl/N-ethyl adjacent to an activating group) is 1. The Morgan fingerprint density at radius 1 is 1.35 bits per heavy atom. The Labute approximate surface area is 154 Å². The van der Waals surface area contributed by atoms with E-state index in [1.807, 2.05) is 6.07 Å². The van der Waals surface area contributed by atoms with Crippen molar-refractivity contribution in [2.75, 3.05) is 40.3 Å². The van der Waals surface area contributed by atoms with E-state index >= 15 is 0 Å². The molecule has 1 amide bonds. The summed E-state index contributed by atoms with van der Waals surface area (Å²) in [6, 6.07) is 6.55. The molecule has 1 saturated heterocycles. The second kappa shape index (κ2) is 10.8. The molecule has 0 radical (unpaired) electrons. The van der Waals surface area contributed by atoms with Crippen LogP contribution in [0, 0.1) is 5.82 Å². The largest absolute Gasteiger partial charge is 0.376 e. The van der Waals surface area contributed by atoms with Crippen LogP contribution < -0.4 is 10.6 Å². The Balaban J connectivity index is 1.86. The van der Waals surface area contributed by atoms with E-state index < -0.39 is 0 Å². The van der Waals surface area contributed by atoms with E-state index in [-0.39, 0.29) is 24.4 Å². The highest BCUT2D eigenvalue weighted by Crippen LogP contribution is 2.11. The molecule has 0 aliphatic carbocycles. The molecule has 26 heavy (non-hydrogen) atoms. The zero-order valence-corrected chi connectivity index (χ0v) is 15.6. The highest BCUT2D eigenvalue weighted by atomic mass is 19.1. The number of aliphatic imine (C=N–C) groups is 1. The zero-order valence-electron chi connectivity index (χ0n) is 15.6. The standard InChI is InChI=1S/C19H29FN4O2/c1-24(2)18(25)14-23-19(22-13-17-8-3-4-11-26-17)21-10-9-15-6-5-7-16(20)12-15/h5-7,12,17H,3-4,8-11,13-14H2,1-2H3,(H2,21,22,23). The number of hydrogen-bond donors (Lipinski definition) is 2. The molecule has 144 valence electrons. The van der Waals surface area contributed by atoms with E-state index in [1.165, 1.54) is 23.5 Å². The third-order valence-electron chi connectivity index (χ3n) is 4.24. The quantitative estimate of drug-likeness (QED) is 0.569. The number of halogens is 1. The number of carbonyl (C=O) groups excluding carboxylic acids is 1. The molecule has 2 rings (SSSR count). The minimum absolute atomic E-state index is 0.0647. The summed E-state index contributed by atoms with van der Waals surface area (Å²) in [6.07, 6.45) is 4.15. The smallest absolute Gasteiger partial charge is 0.243 e. The molecule has 6 nitrogen and oxygen atoms in total. The number of nitrogens with zero attached hydrogens (tertiary/aromatic N) is 2. The SMILES string of the molecule is CN(C)C(=O)CN=C(NCCc1cccc(F)c1)NCC1CCCCO1. The summed E-state index contributed by atoms with van der Waals surface area (Å²) in [6.45, 7) is 2.12. The van der Waals surface area contributed by atoms with Gasteiger partial charge >= 0.3 is 0 Å². The van der Waals surface area contributed by atoms with Gasteiger partial charge in [0.2, 0.25) is 5.91 Å². The molecule has 7 heteroatoms. The van der Waals surface area contributed by atoms with Crippen molar-refractivity contribution in [3.05, 3.63) is 35.6 Å². The van der Waals surface area contributed by atoms with Gasteiger partial charge in [0, 0.05) is 33.8 Å².